The van der Waals surface area contributed by atoms with Crippen LogP contribution in [0.15, 0.2) is 6.07 Å². The minimum Gasteiger partial charge on any atom is -0.374 e. The second kappa shape index (κ2) is 8.07. The Bertz CT molecular complexity index is 723. The fraction of sp³-hybridized carbons (Fsp3) is 0.667. The van der Waals surface area contributed by atoms with Gasteiger partial charge in [0.05, 0.1) is 19.0 Å². The number of ether oxygens (including phenoxy) is 1. The van der Waals surface area contributed by atoms with E-state index in [2.05, 4.69) is 15.3 Å². The van der Waals surface area contributed by atoms with E-state index in [1.54, 1.807) is 6.07 Å². The van der Waals surface area contributed by atoms with Crippen molar-refractivity contribution in [3.63, 3.8) is 0 Å². The van der Waals surface area contributed by atoms with Gasteiger partial charge in [-0.3, -0.25) is 4.79 Å². The highest BCUT2D eigenvalue weighted by Crippen LogP contribution is 2.10. The van der Waals surface area contributed by atoms with Crippen LogP contribution < -0.4 is 11.1 Å². The fourth-order valence-electron chi connectivity index (χ4n) is 2.57. The second-order valence-corrected chi connectivity index (χ2v) is 8.51. The second-order valence-electron chi connectivity index (χ2n) is 6.52. The average molecular weight is 371 g/mol. The van der Waals surface area contributed by atoms with Crippen LogP contribution in [0.3, 0.4) is 0 Å². The molecule has 1 amide bonds. The van der Waals surface area contributed by atoms with Crippen LogP contribution in [-0.2, 0) is 21.2 Å². The highest BCUT2D eigenvalue weighted by atomic mass is 32.2. The lowest BCUT2D eigenvalue weighted by molar-refractivity contribution is 0.000412. The highest BCUT2D eigenvalue weighted by Gasteiger charge is 2.27. The predicted molar refractivity (Wildman–Crippen MR) is 93.5 cm³/mol. The number of nitrogen functional groups attached to an aromatic ring is 1. The van der Waals surface area contributed by atoms with Crippen molar-refractivity contribution in [3.05, 3.63) is 17.5 Å². The number of morpholine rings is 1. The van der Waals surface area contributed by atoms with Crippen LogP contribution in [0.2, 0.25) is 0 Å². The summed E-state index contributed by atoms with van der Waals surface area (Å²) in [4.78, 5) is 20.4. The molecule has 1 aromatic heterocycles. The Morgan fingerprint density at radius 2 is 2.20 bits per heavy atom. The van der Waals surface area contributed by atoms with Crippen LogP contribution >= 0.6 is 0 Å². The first-order chi connectivity index (χ1) is 11.6. The van der Waals surface area contributed by atoms with E-state index in [1.807, 2.05) is 13.8 Å². The predicted octanol–water partition coefficient (Wildman–Crippen LogP) is -0.352. The lowest BCUT2D eigenvalue weighted by atomic mass is 10.1. The van der Waals surface area contributed by atoms with Gasteiger partial charge in [0.2, 0.25) is 16.0 Å². The summed E-state index contributed by atoms with van der Waals surface area (Å²) >= 11 is 0. The molecule has 1 fully saturated rings. The maximum absolute atomic E-state index is 12.3. The number of nitrogens with two attached hydrogens (primary N) is 1. The van der Waals surface area contributed by atoms with Crippen molar-refractivity contribution < 1.29 is 17.9 Å². The zero-order valence-electron chi connectivity index (χ0n) is 14.7. The molecular formula is C15H25N5O4S. The Hall–Kier alpha value is -1.78. The van der Waals surface area contributed by atoms with E-state index >= 15 is 0 Å². The smallest absolute Gasteiger partial charge is 0.270 e. The standard InChI is InChI=1S/C15H25N5O4S/c1-10(2)6-11-7-13(19-15(16)18-11)14(21)17-8-12-9-20(4-5-24-12)25(3,22)23/h7,10,12H,4-6,8-9H2,1-3H3,(H,17,21)(H2,16,18,19). The third-order valence-corrected chi connectivity index (χ3v) is 4.98. The lowest BCUT2D eigenvalue weighted by Crippen LogP contribution is -2.49. The first-order valence-corrected chi connectivity index (χ1v) is 9.98. The number of aromatic nitrogens is 2. The van der Waals surface area contributed by atoms with E-state index in [9.17, 15) is 13.2 Å². The first-order valence-electron chi connectivity index (χ1n) is 8.13. The summed E-state index contributed by atoms with van der Waals surface area (Å²) in [6, 6.07) is 1.62. The van der Waals surface area contributed by atoms with E-state index in [4.69, 9.17) is 10.5 Å². The number of hydrogen-bond donors (Lipinski definition) is 2. The molecule has 1 aliphatic heterocycles. The number of amides is 1. The molecule has 0 radical (unpaired) electrons. The molecule has 2 heterocycles. The van der Waals surface area contributed by atoms with Crippen molar-refractivity contribution in [2.24, 2.45) is 5.92 Å². The number of carbonyl (C=O) groups is 1. The van der Waals surface area contributed by atoms with Crippen LogP contribution in [0, 0.1) is 5.92 Å². The van der Waals surface area contributed by atoms with Crippen LogP contribution in [-0.4, -0.2) is 67.2 Å². The van der Waals surface area contributed by atoms with E-state index in [0.717, 1.165) is 6.26 Å². The number of rotatable bonds is 6. The number of carbonyl (C=O) groups excluding carboxylic acids is 1. The maximum atomic E-state index is 12.3. The number of nitrogens with zero attached hydrogens (tertiary/aromatic N) is 3. The normalized spacial score (nSPS) is 19.1. The molecular weight excluding hydrogens is 346 g/mol. The Balaban J connectivity index is 1.97. The van der Waals surface area contributed by atoms with Crippen molar-refractivity contribution in [1.29, 1.82) is 0 Å². The van der Waals surface area contributed by atoms with Crippen molar-refractivity contribution in [2.75, 3.05) is 38.2 Å². The quantitative estimate of drug-likeness (QED) is 0.699. The topological polar surface area (TPSA) is 128 Å². The van der Waals surface area contributed by atoms with Crippen LogP contribution in [0.25, 0.3) is 0 Å². The Labute approximate surface area is 148 Å². The number of anilines is 1. The van der Waals surface area contributed by atoms with E-state index < -0.39 is 16.1 Å². The summed E-state index contributed by atoms with van der Waals surface area (Å²) in [6.07, 6.45) is 1.46. The van der Waals surface area contributed by atoms with Crippen LogP contribution in [0.5, 0.6) is 0 Å². The van der Waals surface area contributed by atoms with Crippen LogP contribution in [0.4, 0.5) is 5.95 Å². The zero-order valence-corrected chi connectivity index (χ0v) is 15.5. The van der Waals surface area contributed by atoms with Gasteiger partial charge in [-0.2, -0.15) is 4.31 Å². The molecule has 0 saturated carbocycles. The van der Waals surface area contributed by atoms with E-state index in [-0.39, 0.29) is 30.6 Å². The molecule has 3 N–H and O–H groups in total. The minimum absolute atomic E-state index is 0.0560. The van der Waals surface area contributed by atoms with Crippen molar-refractivity contribution in [3.8, 4) is 0 Å². The van der Waals surface area contributed by atoms with Crippen molar-refractivity contribution >= 4 is 21.9 Å². The largest absolute Gasteiger partial charge is 0.374 e. The molecule has 25 heavy (non-hydrogen) atoms. The molecule has 9 nitrogen and oxygen atoms in total. The molecule has 0 spiro atoms. The molecule has 1 saturated heterocycles. The molecule has 10 heteroatoms. The van der Waals surface area contributed by atoms with Crippen LogP contribution in [0.1, 0.15) is 30.0 Å². The van der Waals surface area contributed by atoms with Crippen molar-refractivity contribution in [2.45, 2.75) is 26.4 Å². The molecule has 0 bridgehead atoms. The van der Waals surface area contributed by atoms with Gasteiger partial charge >= 0.3 is 0 Å². The van der Waals surface area contributed by atoms with Gasteiger partial charge < -0.3 is 15.8 Å². The molecule has 2 rings (SSSR count). The summed E-state index contributed by atoms with van der Waals surface area (Å²) in [6.45, 7) is 5.12. The Kier molecular flexibility index (Phi) is 6.31. The average Bonchev–Trinajstić information content (AvgIpc) is 2.51. The van der Waals surface area contributed by atoms with Gasteiger partial charge in [-0.15, -0.1) is 0 Å². The Morgan fingerprint density at radius 3 is 2.84 bits per heavy atom. The summed E-state index contributed by atoms with van der Waals surface area (Å²) in [5.74, 6) is 0.0440. The van der Waals surface area contributed by atoms with E-state index in [0.29, 0.717) is 31.2 Å². The zero-order chi connectivity index (χ0) is 18.6. The number of nitrogens with one attached hydrogen (secondary N) is 1. The highest BCUT2D eigenvalue weighted by molar-refractivity contribution is 7.88. The molecule has 1 unspecified atom stereocenters. The van der Waals surface area contributed by atoms with Gasteiger partial charge in [0.15, 0.2) is 0 Å². The minimum atomic E-state index is -3.27. The third kappa shape index (κ3) is 5.91. The summed E-state index contributed by atoms with van der Waals surface area (Å²) in [7, 11) is -3.27. The van der Waals surface area contributed by atoms with E-state index in [1.165, 1.54) is 4.31 Å². The van der Waals surface area contributed by atoms with Gasteiger partial charge in [-0.1, -0.05) is 13.8 Å². The molecule has 0 aromatic carbocycles. The number of hydrogen-bond acceptors (Lipinski definition) is 7. The lowest BCUT2D eigenvalue weighted by Gasteiger charge is -2.31. The van der Waals surface area contributed by atoms with Gasteiger partial charge in [0.1, 0.15) is 5.69 Å². The summed E-state index contributed by atoms with van der Waals surface area (Å²) in [5, 5.41) is 2.72. The maximum Gasteiger partial charge on any atom is 0.270 e. The van der Waals surface area contributed by atoms with Gasteiger partial charge in [0.25, 0.3) is 5.91 Å². The SMILES string of the molecule is CC(C)Cc1cc(C(=O)NCC2CN(S(C)(=O)=O)CCO2)nc(N)n1. The molecule has 140 valence electrons. The van der Waals surface area contributed by atoms with Gasteiger partial charge in [0, 0.05) is 25.3 Å². The summed E-state index contributed by atoms with van der Waals surface area (Å²) in [5.41, 5.74) is 6.58. The first kappa shape index (κ1) is 19.5. The molecule has 1 aromatic rings. The monoisotopic (exact) mass is 371 g/mol. The number of sulfonamides is 1. The van der Waals surface area contributed by atoms with Gasteiger partial charge in [-0.05, 0) is 18.4 Å². The molecule has 1 aliphatic rings. The Morgan fingerprint density at radius 1 is 1.48 bits per heavy atom. The molecule has 0 aliphatic carbocycles. The fourth-order valence-corrected chi connectivity index (χ4v) is 3.41. The summed E-state index contributed by atoms with van der Waals surface area (Å²) < 4.78 is 30.1. The van der Waals surface area contributed by atoms with Gasteiger partial charge in [-0.25, -0.2) is 18.4 Å². The third-order valence-electron chi connectivity index (χ3n) is 3.71. The van der Waals surface area contributed by atoms with Crippen molar-refractivity contribution in [1.82, 2.24) is 19.6 Å². The molecule has 1 atom stereocenters.